The van der Waals surface area contributed by atoms with Crippen molar-refractivity contribution in [2.24, 2.45) is 0 Å². The maximum absolute atomic E-state index is 10.5. The van der Waals surface area contributed by atoms with E-state index in [2.05, 4.69) is 15.2 Å². The Bertz CT molecular complexity index is 444. The van der Waals surface area contributed by atoms with Gasteiger partial charge in [-0.2, -0.15) is 0 Å². The van der Waals surface area contributed by atoms with E-state index in [4.69, 9.17) is 9.84 Å². The molecule has 6 nitrogen and oxygen atoms in total. The molecule has 1 atom stereocenters. The fourth-order valence-electron chi connectivity index (χ4n) is 2.01. The molecule has 1 fully saturated rings. The molecule has 2 aliphatic heterocycles. The summed E-state index contributed by atoms with van der Waals surface area (Å²) in [6.45, 7) is 3.62. The summed E-state index contributed by atoms with van der Waals surface area (Å²) in [5.74, 6) is 0. The summed E-state index contributed by atoms with van der Waals surface area (Å²) in [5.41, 5.74) is 1.01. The lowest BCUT2D eigenvalue weighted by Gasteiger charge is -2.24. The molecule has 1 saturated heterocycles. The Morgan fingerprint density at radius 2 is 2.53 bits per heavy atom. The second kappa shape index (κ2) is 4.25. The van der Waals surface area contributed by atoms with Crippen LogP contribution in [0.3, 0.4) is 0 Å². The first kappa shape index (κ1) is 10.9. The van der Waals surface area contributed by atoms with Crippen LogP contribution in [-0.4, -0.2) is 46.9 Å². The van der Waals surface area contributed by atoms with Gasteiger partial charge in [0.15, 0.2) is 5.13 Å². The number of hydrogen-bond donors (Lipinski definition) is 2. The molecule has 1 aromatic heterocycles. The zero-order valence-electron chi connectivity index (χ0n) is 9.18. The molecule has 17 heavy (non-hydrogen) atoms. The zero-order valence-corrected chi connectivity index (χ0v) is 10.00. The van der Waals surface area contributed by atoms with Crippen LogP contribution in [0.1, 0.15) is 10.6 Å². The number of epoxide rings is 1. The third-order valence-electron chi connectivity index (χ3n) is 2.88. The number of thiazole rings is 1. The minimum atomic E-state index is -1.06. The van der Waals surface area contributed by atoms with E-state index in [-0.39, 0.29) is 0 Å². The van der Waals surface area contributed by atoms with E-state index in [1.165, 1.54) is 16.2 Å². The van der Waals surface area contributed by atoms with Gasteiger partial charge in [-0.25, -0.2) is 9.78 Å². The van der Waals surface area contributed by atoms with Gasteiger partial charge in [0.2, 0.25) is 0 Å². The Balaban J connectivity index is 1.68. The van der Waals surface area contributed by atoms with Crippen molar-refractivity contribution in [1.82, 2.24) is 9.88 Å². The summed E-state index contributed by atoms with van der Waals surface area (Å²) in [7, 11) is 0. The third kappa shape index (κ3) is 2.56. The number of fused-ring (bicyclic) bond motifs is 1. The molecule has 1 unspecified atom stereocenters. The van der Waals surface area contributed by atoms with Crippen LogP contribution in [0.25, 0.3) is 0 Å². The van der Waals surface area contributed by atoms with Gasteiger partial charge in [-0.15, -0.1) is 11.3 Å². The summed E-state index contributed by atoms with van der Waals surface area (Å²) < 4.78 is 5.21. The molecule has 0 radical (unpaired) electrons. The lowest BCUT2D eigenvalue weighted by molar-refractivity contribution is 0.209. The Morgan fingerprint density at radius 1 is 1.71 bits per heavy atom. The standard InChI is InChI=1S/C10H13N3O3S/c14-10(15)12-9-11-7-4-13(3-6-5-16-6)2-1-8(7)17-9/h6H,1-5H2,(H,11,12)(H,14,15). The van der Waals surface area contributed by atoms with Gasteiger partial charge < -0.3 is 9.84 Å². The average Bonchev–Trinajstić information content (AvgIpc) is 2.96. The summed E-state index contributed by atoms with van der Waals surface area (Å²) in [6, 6.07) is 0. The van der Waals surface area contributed by atoms with E-state index in [9.17, 15) is 4.79 Å². The molecule has 0 aliphatic carbocycles. The molecule has 92 valence electrons. The highest BCUT2D eigenvalue weighted by molar-refractivity contribution is 7.15. The van der Waals surface area contributed by atoms with Crippen LogP contribution in [0.2, 0.25) is 0 Å². The smallest absolute Gasteiger partial charge is 0.410 e. The van der Waals surface area contributed by atoms with Crippen molar-refractivity contribution in [3.05, 3.63) is 10.6 Å². The highest BCUT2D eigenvalue weighted by Gasteiger charge is 2.28. The van der Waals surface area contributed by atoms with Gasteiger partial charge in [0.05, 0.1) is 18.4 Å². The summed E-state index contributed by atoms with van der Waals surface area (Å²) in [4.78, 5) is 18.3. The molecule has 3 heterocycles. The SMILES string of the molecule is O=C(O)Nc1nc2c(s1)CCN(CC1CO1)C2. The predicted octanol–water partition coefficient (Wildman–Crippen LogP) is 0.990. The van der Waals surface area contributed by atoms with E-state index in [1.54, 1.807) is 0 Å². The predicted molar refractivity (Wildman–Crippen MR) is 62.5 cm³/mol. The number of carboxylic acid groups (broad SMARTS) is 1. The maximum Gasteiger partial charge on any atom is 0.410 e. The largest absolute Gasteiger partial charge is 0.465 e. The van der Waals surface area contributed by atoms with E-state index in [0.717, 1.165) is 38.4 Å². The van der Waals surface area contributed by atoms with Crippen LogP contribution in [0.4, 0.5) is 9.93 Å². The number of ether oxygens (including phenoxy) is 1. The topological polar surface area (TPSA) is 78.0 Å². The Labute approximate surface area is 102 Å². The molecule has 1 aromatic rings. The first-order valence-corrected chi connectivity index (χ1v) is 6.35. The molecule has 7 heteroatoms. The summed E-state index contributed by atoms with van der Waals surface area (Å²) in [5, 5.41) is 11.4. The van der Waals surface area contributed by atoms with Crippen molar-refractivity contribution in [2.45, 2.75) is 19.1 Å². The maximum atomic E-state index is 10.5. The zero-order chi connectivity index (χ0) is 11.8. The molecule has 1 amide bonds. The molecule has 3 rings (SSSR count). The Kier molecular flexibility index (Phi) is 2.73. The van der Waals surface area contributed by atoms with E-state index in [0.29, 0.717) is 11.2 Å². The first-order chi connectivity index (χ1) is 8.20. The van der Waals surface area contributed by atoms with Gasteiger partial charge in [0.1, 0.15) is 0 Å². The van der Waals surface area contributed by atoms with Gasteiger partial charge in [-0.3, -0.25) is 10.2 Å². The fourth-order valence-corrected chi connectivity index (χ4v) is 2.96. The highest BCUT2D eigenvalue weighted by atomic mass is 32.1. The third-order valence-corrected chi connectivity index (χ3v) is 3.96. The van der Waals surface area contributed by atoms with Crippen LogP contribution in [-0.2, 0) is 17.7 Å². The number of amides is 1. The van der Waals surface area contributed by atoms with Crippen LogP contribution in [0.5, 0.6) is 0 Å². The minimum Gasteiger partial charge on any atom is -0.465 e. The molecular weight excluding hydrogens is 242 g/mol. The van der Waals surface area contributed by atoms with E-state index in [1.807, 2.05) is 0 Å². The van der Waals surface area contributed by atoms with Crippen LogP contribution in [0, 0.1) is 0 Å². The normalized spacial score (nSPS) is 23.2. The van der Waals surface area contributed by atoms with Gasteiger partial charge in [0, 0.05) is 24.5 Å². The van der Waals surface area contributed by atoms with Crippen LogP contribution < -0.4 is 5.32 Å². The molecular formula is C10H13N3O3S. The first-order valence-electron chi connectivity index (χ1n) is 5.53. The average molecular weight is 255 g/mol. The minimum absolute atomic E-state index is 0.395. The lowest BCUT2D eigenvalue weighted by Crippen LogP contribution is -2.33. The van der Waals surface area contributed by atoms with Gasteiger partial charge >= 0.3 is 6.09 Å². The molecule has 2 N–H and O–H groups in total. The van der Waals surface area contributed by atoms with E-state index >= 15 is 0 Å². The molecule has 0 aromatic carbocycles. The number of carbonyl (C=O) groups is 1. The van der Waals surface area contributed by atoms with Crippen LogP contribution in [0.15, 0.2) is 0 Å². The number of hydrogen-bond acceptors (Lipinski definition) is 5. The number of nitrogens with one attached hydrogen (secondary N) is 1. The van der Waals surface area contributed by atoms with Crippen molar-refractivity contribution < 1.29 is 14.6 Å². The molecule has 2 aliphatic rings. The molecule has 0 spiro atoms. The van der Waals surface area contributed by atoms with Crippen LogP contribution >= 0.6 is 11.3 Å². The van der Waals surface area contributed by atoms with E-state index < -0.39 is 6.09 Å². The molecule has 0 bridgehead atoms. The van der Waals surface area contributed by atoms with Crippen molar-refractivity contribution in [3.63, 3.8) is 0 Å². The second-order valence-electron chi connectivity index (χ2n) is 4.26. The monoisotopic (exact) mass is 255 g/mol. The Morgan fingerprint density at radius 3 is 3.24 bits per heavy atom. The van der Waals surface area contributed by atoms with Crippen molar-refractivity contribution in [1.29, 1.82) is 0 Å². The van der Waals surface area contributed by atoms with Gasteiger partial charge in [0.25, 0.3) is 0 Å². The summed E-state index contributed by atoms with van der Waals surface area (Å²) >= 11 is 1.44. The Hall–Kier alpha value is -1.18. The lowest BCUT2D eigenvalue weighted by atomic mass is 10.2. The highest BCUT2D eigenvalue weighted by Crippen LogP contribution is 2.28. The fraction of sp³-hybridized carbons (Fsp3) is 0.600. The quantitative estimate of drug-likeness (QED) is 0.787. The van der Waals surface area contributed by atoms with Crippen molar-refractivity contribution in [2.75, 3.05) is 25.0 Å². The summed E-state index contributed by atoms with van der Waals surface area (Å²) in [6.07, 6.45) is 0.284. The number of aromatic nitrogens is 1. The van der Waals surface area contributed by atoms with Gasteiger partial charge in [-0.1, -0.05) is 0 Å². The number of anilines is 1. The number of nitrogens with zero attached hydrogens (tertiary/aromatic N) is 2. The second-order valence-corrected chi connectivity index (χ2v) is 5.34. The molecule has 0 saturated carbocycles. The number of rotatable bonds is 3. The van der Waals surface area contributed by atoms with Crippen molar-refractivity contribution >= 4 is 22.6 Å². The van der Waals surface area contributed by atoms with Gasteiger partial charge in [-0.05, 0) is 6.42 Å². The van der Waals surface area contributed by atoms with Crippen molar-refractivity contribution in [3.8, 4) is 0 Å².